The van der Waals surface area contributed by atoms with E-state index in [2.05, 4.69) is 16.8 Å². The van der Waals surface area contributed by atoms with E-state index in [1.807, 2.05) is 11.3 Å². The smallest absolute Gasteiger partial charge is 0.181 e. The van der Waals surface area contributed by atoms with Crippen molar-refractivity contribution in [2.24, 2.45) is 0 Å². The molecule has 2 aromatic heterocycles. The first-order valence-electron chi connectivity index (χ1n) is 6.17. The SMILES string of the molecule is CCCN1CCc2sc3nc(N)sc3c2CC1. The van der Waals surface area contributed by atoms with E-state index >= 15 is 0 Å². The van der Waals surface area contributed by atoms with E-state index in [9.17, 15) is 0 Å². The quantitative estimate of drug-likeness (QED) is 0.909. The molecule has 0 atom stereocenters. The monoisotopic (exact) mass is 267 g/mol. The maximum absolute atomic E-state index is 5.79. The fourth-order valence-corrected chi connectivity index (χ4v) is 4.84. The number of anilines is 1. The summed E-state index contributed by atoms with van der Waals surface area (Å²) in [7, 11) is 0. The average molecular weight is 267 g/mol. The first-order valence-corrected chi connectivity index (χ1v) is 7.80. The lowest BCUT2D eigenvalue weighted by atomic mass is 10.2. The molecule has 1 aliphatic rings. The topological polar surface area (TPSA) is 42.2 Å². The molecule has 0 spiro atoms. The van der Waals surface area contributed by atoms with E-state index in [4.69, 9.17) is 5.73 Å². The Morgan fingerprint density at radius 2 is 2.12 bits per heavy atom. The predicted octanol–water partition coefficient (Wildman–Crippen LogP) is 2.75. The second-order valence-electron chi connectivity index (χ2n) is 4.53. The third-order valence-corrected chi connectivity index (χ3v) is 5.58. The number of thiazole rings is 1. The highest BCUT2D eigenvalue weighted by molar-refractivity contribution is 7.29. The van der Waals surface area contributed by atoms with Gasteiger partial charge in [-0.3, -0.25) is 0 Å². The van der Waals surface area contributed by atoms with Crippen molar-refractivity contribution in [3.8, 4) is 0 Å². The number of hydrogen-bond donors (Lipinski definition) is 1. The third kappa shape index (κ3) is 2.07. The zero-order valence-electron chi connectivity index (χ0n) is 10.0. The second-order valence-corrected chi connectivity index (χ2v) is 6.65. The van der Waals surface area contributed by atoms with Crippen molar-refractivity contribution in [2.75, 3.05) is 25.4 Å². The summed E-state index contributed by atoms with van der Waals surface area (Å²) in [5.41, 5.74) is 7.31. The molecule has 0 bridgehead atoms. The van der Waals surface area contributed by atoms with E-state index < -0.39 is 0 Å². The number of nitrogens with zero attached hydrogens (tertiary/aromatic N) is 2. The summed E-state index contributed by atoms with van der Waals surface area (Å²) in [6.45, 7) is 5.86. The number of thiophene rings is 1. The summed E-state index contributed by atoms with van der Waals surface area (Å²) in [6, 6.07) is 0. The van der Waals surface area contributed by atoms with E-state index in [0.29, 0.717) is 5.13 Å². The molecule has 0 amide bonds. The van der Waals surface area contributed by atoms with Crippen LogP contribution in [-0.4, -0.2) is 29.5 Å². The highest BCUT2D eigenvalue weighted by Gasteiger charge is 2.20. The minimum absolute atomic E-state index is 0.712. The van der Waals surface area contributed by atoms with Gasteiger partial charge in [-0.2, -0.15) is 0 Å². The highest BCUT2D eigenvalue weighted by atomic mass is 32.1. The van der Waals surface area contributed by atoms with Crippen LogP contribution in [0.25, 0.3) is 9.53 Å². The molecular formula is C12H17N3S2. The average Bonchev–Trinajstić information content (AvgIpc) is 2.71. The summed E-state index contributed by atoms with van der Waals surface area (Å²) in [5, 5.41) is 0.712. The number of nitrogen functional groups attached to an aromatic ring is 1. The number of nitrogens with two attached hydrogens (primary N) is 1. The highest BCUT2D eigenvalue weighted by Crippen LogP contribution is 2.37. The lowest BCUT2D eigenvalue weighted by Gasteiger charge is -2.18. The van der Waals surface area contributed by atoms with Crippen LogP contribution in [0.1, 0.15) is 23.8 Å². The fourth-order valence-electron chi connectivity index (χ4n) is 2.52. The van der Waals surface area contributed by atoms with Crippen LogP contribution < -0.4 is 5.73 Å². The van der Waals surface area contributed by atoms with Gasteiger partial charge < -0.3 is 10.6 Å². The zero-order chi connectivity index (χ0) is 11.8. The van der Waals surface area contributed by atoms with Gasteiger partial charge in [0.25, 0.3) is 0 Å². The van der Waals surface area contributed by atoms with Crippen LogP contribution in [0.2, 0.25) is 0 Å². The Kier molecular flexibility index (Phi) is 3.06. The Bertz CT molecular complexity index is 529. The van der Waals surface area contributed by atoms with Gasteiger partial charge >= 0.3 is 0 Å². The molecule has 3 rings (SSSR count). The van der Waals surface area contributed by atoms with Crippen LogP contribution in [0.15, 0.2) is 0 Å². The van der Waals surface area contributed by atoms with Gasteiger partial charge in [-0.1, -0.05) is 18.3 Å². The summed E-state index contributed by atoms with van der Waals surface area (Å²) >= 11 is 3.50. The number of aromatic nitrogens is 1. The third-order valence-electron chi connectivity index (χ3n) is 3.32. The Balaban J connectivity index is 1.91. The molecule has 0 aromatic carbocycles. The molecule has 2 aromatic rings. The Hall–Kier alpha value is -0.650. The summed E-state index contributed by atoms with van der Waals surface area (Å²) in [5.74, 6) is 0. The molecule has 0 fully saturated rings. The second kappa shape index (κ2) is 4.55. The van der Waals surface area contributed by atoms with E-state index in [-0.39, 0.29) is 0 Å². The summed E-state index contributed by atoms with van der Waals surface area (Å²) in [4.78, 5) is 9.67. The molecule has 0 radical (unpaired) electrons. The molecule has 0 saturated carbocycles. The molecule has 92 valence electrons. The fraction of sp³-hybridized carbons (Fsp3) is 0.583. The number of hydrogen-bond acceptors (Lipinski definition) is 5. The molecular weight excluding hydrogens is 250 g/mol. The van der Waals surface area contributed by atoms with Gasteiger partial charge in [-0.25, -0.2) is 4.98 Å². The Morgan fingerprint density at radius 1 is 1.29 bits per heavy atom. The van der Waals surface area contributed by atoms with E-state index in [0.717, 1.165) is 11.3 Å². The van der Waals surface area contributed by atoms with Crippen molar-refractivity contribution >= 4 is 37.3 Å². The number of fused-ring (bicyclic) bond motifs is 3. The zero-order valence-corrected chi connectivity index (χ0v) is 11.7. The maximum atomic E-state index is 5.79. The molecule has 3 nitrogen and oxygen atoms in total. The number of rotatable bonds is 2. The van der Waals surface area contributed by atoms with Crippen molar-refractivity contribution in [1.29, 1.82) is 0 Å². The molecule has 0 aliphatic carbocycles. The van der Waals surface area contributed by atoms with E-state index in [1.165, 1.54) is 47.6 Å². The summed E-state index contributed by atoms with van der Waals surface area (Å²) < 4.78 is 1.35. The minimum atomic E-state index is 0.712. The van der Waals surface area contributed by atoms with Crippen LogP contribution in [0.4, 0.5) is 5.13 Å². The molecule has 1 aliphatic heterocycles. The van der Waals surface area contributed by atoms with Crippen molar-refractivity contribution in [1.82, 2.24) is 9.88 Å². The standard InChI is InChI=1S/C12H17N3S2/c1-2-5-15-6-3-8-9(4-7-15)16-11-10(8)17-12(13)14-11/h2-7H2,1H3,(H2,13,14). The first-order chi connectivity index (χ1) is 8.28. The van der Waals surface area contributed by atoms with Gasteiger partial charge in [-0.15, -0.1) is 11.3 Å². The molecule has 0 saturated heterocycles. The molecule has 5 heteroatoms. The lowest BCUT2D eigenvalue weighted by Crippen LogP contribution is -2.27. The largest absolute Gasteiger partial charge is 0.375 e. The van der Waals surface area contributed by atoms with Gasteiger partial charge in [0, 0.05) is 18.0 Å². The van der Waals surface area contributed by atoms with Gasteiger partial charge in [0.2, 0.25) is 0 Å². The van der Waals surface area contributed by atoms with Gasteiger partial charge in [0.1, 0.15) is 4.83 Å². The van der Waals surface area contributed by atoms with E-state index in [1.54, 1.807) is 11.3 Å². The Morgan fingerprint density at radius 3 is 2.94 bits per heavy atom. The van der Waals surface area contributed by atoms with Crippen LogP contribution in [0, 0.1) is 0 Å². The van der Waals surface area contributed by atoms with Crippen LogP contribution in [0.3, 0.4) is 0 Å². The van der Waals surface area contributed by atoms with Crippen molar-refractivity contribution in [3.05, 3.63) is 10.4 Å². The van der Waals surface area contributed by atoms with Gasteiger partial charge in [0.05, 0.1) is 4.70 Å². The van der Waals surface area contributed by atoms with Gasteiger partial charge in [-0.05, 0) is 31.4 Å². The normalized spacial score (nSPS) is 17.2. The minimum Gasteiger partial charge on any atom is -0.375 e. The predicted molar refractivity (Wildman–Crippen MR) is 76.0 cm³/mol. The van der Waals surface area contributed by atoms with Crippen molar-refractivity contribution in [2.45, 2.75) is 26.2 Å². The molecule has 3 heterocycles. The summed E-state index contributed by atoms with van der Waals surface area (Å²) in [6.07, 6.45) is 3.59. The van der Waals surface area contributed by atoms with Crippen LogP contribution in [-0.2, 0) is 12.8 Å². The van der Waals surface area contributed by atoms with Crippen LogP contribution >= 0.6 is 22.7 Å². The first kappa shape index (κ1) is 11.4. The maximum Gasteiger partial charge on any atom is 0.181 e. The molecule has 2 N–H and O–H groups in total. The lowest BCUT2D eigenvalue weighted by molar-refractivity contribution is 0.288. The molecule has 17 heavy (non-hydrogen) atoms. The van der Waals surface area contributed by atoms with Crippen LogP contribution in [0.5, 0.6) is 0 Å². The van der Waals surface area contributed by atoms with Gasteiger partial charge in [0.15, 0.2) is 5.13 Å². The molecule has 0 unspecified atom stereocenters. The van der Waals surface area contributed by atoms with Crippen molar-refractivity contribution in [3.63, 3.8) is 0 Å². The Labute approximate surface area is 109 Å². The van der Waals surface area contributed by atoms with Crippen molar-refractivity contribution < 1.29 is 0 Å².